The summed E-state index contributed by atoms with van der Waals surface area (Å²) in [6.07, 6.45) is 0. The summed E-state index contributed by atoms with van der Waals surface area (Å²) in [5, 5.41) is 14.9. The summed E-state index contributed by atoms with van der Waals surface area (Å²) in [6.45, 7) is 4.11. The second-order valence-corrected chi connectivity index (χ2v) is 11.3. The van der Waals surface area contributed by atoms with Gasteiger partial charge in [0.05, 0.1) is 10.6 Å². The van der Waals surface area contributed by atoms with E-state index < -0.39 is 10.0 Å². The van der Waals surface area contributed by atoms with Crippen molar-refractivity contribution in [3.8, 4) is 0 Å². The topological polar surface area (TPSA) is 104 Å². The van der Waals surface area contributed by atoms with Crippen LogP contribution in [-0.2, 0) is 14.8 Å². The van der Waals surface area contributed by atoms with Crippen LogP contribution >= 0.6 is 23.1 Å². The first-order valence-corrected chi connectivity index (χ1v) is 12.5. The van der Waals surface area contributed by atoms with E-state index in [1.54, 1.807) is 12.1 Å². The van der Waals surface area contributed by atoms with Crippen molar-refractivity contribution in [2.75, 3.05) is 30.5 Å². The minimum absolute atomic E-state index is 0.163. The zero-order valence-corrected chi connectivity index (χ0v) is 20.0. The minimum atomic E-state index is -3.50. The van der Waals surface area contributed by atoms with Crippen LogP contribution in [0.25, 0.3) is 0 Å². The lowest BCUT2D eigenvalue weighted by Crippen LogP contribution is -2.22. The first kappa shape index (κ1) is 23.2. The first-order chi connectivity index (χ1) is 14.6. The first-order valence-electron chi connectivity index (χ1n) is 9.28. The molecule has 3 aromatic rings. The van der Waals surface area contributed by atoms with Crippen molar-refractivity contribution in [2.24, 2.45) is 0 Å². The number of sulfonamides is 1. The van der Waals surface area contributed by atoms with E-state index in [1.807, 2.05) is 18.2 Å². The number of nitrogens with zero attached hydrogens (tertiary/aromatic N) is 3. The van der Waals surface area contributed by atoms with Crippen molar-refractivity contribution in [3.63, 3.8) is 0 Å². The van der Waals surface area contributed by atoms with Gasteiger partial charge in [-0.15, -0.1) is 10.2 Å². The Kier molecular flexibility index (Phi) is 7.31. The number of nitrogens with one attached hydrogen (secondary N) is 2. The summed E-state index contributed by atoms with van der Waals surface area (Å²) < 4.78 is 26.0. The predicted octanol–water partition coefficient (Wildman–Crippen LogP) is 3.88. The molecule has 2 N–H and O–H groups in total. The fourth-order valence-corrected chi connectivity index (χ4v) is 4.98. The molecule has 11 heteroatoms. The summed E-state index contributed by atoms with van der Waals surface area (Å²) >= 11 is 2.66. The van der Waals surface area contributed by atoms with Gasteiger partial charge in [0.25, 0.3) is 0 Å². The van der Waals surface area contributed by atoms with E-state index in [0.717, 1.165) is 9.99 Å². The van der Waals surface area contributed by atoms with Crippen molar-refractivity contribution in [1.29, 1.82) is 0 Å². The highest BCUT2D eigenvalue weighted by Gasteiger charge is 2.17. The zero-order chi connectivity index (χ0) is 22.6. The van der Waals surface area contributed by atoms with Gasteiger partial charge in [-0.1, -0.05) is 29.2 Å². The normalized spacial score (nSPS) is 11.5. The molecule has 164 valence electrons. The smallest absolute Gasteiger partial charge is 0.242 e. The van der Waals surface area contributed by atoms with Gasteiger partial charge in [-0.05, 0) is 61.4 Å². The third-order valence-electron chi connectivity index (χ3n) is 4.41. The third kappa shape index (κ3) is 6.03. The van der Waals surface area contributed by atoms with Crippen LogP contribution in [0.15, 0.2) is 51.7 Å². The third-order valence-corrected chi connectivity index (χ3v) is 8.21. The van der Waals surface area contributed by atoms with Crippen LogP contribution in [0.1, 0.15) is 11.1 Å². The molecular formula is C20H23N5O3S3. The number of hydrogen-bond acceptors (Lipinski definition) is 8. The van der Waals surface area contributed by atoms with E-state index in [2.05, 4.69) is 34.7 Å². The maximum atomic E-state index is 12.2. The van der Waals surface area contributed by atoms with E-state index in [1.165, 1.54) is 60.5 Å². The summed E-state index contributed by atoms with van der Waals surface area (Å²) in [4.78, 5) is 12.4. The van der Waals surface area contributed by atoms with E-state index in [4.69, 9.17) is 0 Å². The number of anilines is 3. The highest BCUT2D eigenvalue weighted by Crippen LogP contribution is 2.28. The molecule has 0 atom stereocenters. The quantitative estimate of drug-likeness (QED) is 0.475. The molecule has 0 radical (unpaired) electrons. The maximum Gasteiger partial charge on any atom is 0.242 e. The SMILES string of the molecule is Cc1ccc(Nc2nnc(SCC(=O)Nc3ccc(S(=O)(=O)N(C)C)cc3)s2)cc1C. The Morgan fingerprint density at radius 3 is 2.35 bits per heavy atom. The van der Waals surface area contributed by atoms with Gasteiger partial charge in [0.2, 0.25) is 21.1 Å². The molecule has 1 heterocycles. The van der Waals surface area contributed by atoms with Gasteiger partial charge < -0.3 is 10.6 Å². The Bertz CT molecular complexity index is 1180. The number of aromatic nitrogens is 2. The van der Waals surface area contributed by atoms with Crippen molar-refractivity contribution < 1.29 is 13.2 Å². The van der Waals surface area contributed by atoms with E-state index in [9.17, 15) is 13.2 Å². The number of hydrogen-bond donors (Lipinski definition) is 2. The molecule has 3 rings (SSSR count). The molecule has 0 aliphatic carbocycles. The van der Waals surface area contributed by atoms with Gasteiger partial charge in [-0.25, -0.2) is 12.7 Å². The van der Waals surface area contributed by atoms with Gasteiger partial charge in [0.1, 0.15) is 0 Å². The van der Waals surface area contributed by atoms with E-state index in [-0.39, 0.29) is 16.6 Å². The molecule has 2 aromatic carbocycles. The average molecular weight is 478 g/mol. The highest BCUT2D eigenvalue weighted by atomic mass is 32.2. The van der Waals surface area contributed by atoms with Crippen LogP contribution in [0.2, 0.25) is 0 Å². The maximum absolute atomic E-state index is 12.2. The summed E-state index contributed by atoms with van der Waals surface area (Å²) in [6, 6.07) is 12.1. The molecule has 0 saturated heterocycles. The monoisotopic (exact) mass is 477 g/mol. The van der Waals surface area contributed by atoms with Crippen LogP contribution in [-0.4, -0.2) is 48.7 Å². The second-order valence-electron chi connectivity index (χ2n) is 6.95. The summed E-state index contributed by atoms with van der Waals surface area (Å²) in [5.74, 6) is -0.0529. The molecule has 1 amide bonds. The number of carbonyl (C=O) groups is 1. The predicted molar refractivity (Wildman–Crippen MR) is 126 cm³/mol. The fourth-order valence-electron chi connectivity index (χ4n) is 2.51. The lowest BCUT2D eigenvalue weighted by atomic mass is 10.1. The van der Waals surface area contributed by atoms with Gasteiger partial charge in [0, 0.05) is 25.5 Å². The molecule has 0 aliphatic heterocycles. The Morgan fingerprint density at radius 1 is 1.03 bits per heavy atom. The Hall–Kier alpha value is -2.47. The number of carbonyl (C=O) groups excluding carboxylic acids is 1. The fraction of sp³-hybridized carbons (Fsp3) is 0.250. The van der Waals surface area contributed by atoms with E-state index >= 15 is 0 Å². The number of aryl methyl sites for hydroxylation is 2. The van der Waals surface area contributed by atoms with Crippen molar-refractivity contribution in [1.82, 2.24) is 14.5 Å². The molecule has 0 spiro atoms. The lowest BCUT2D eigenvalue weighted by molar-refractivity contribution is -0.113. The largest absolute Gasteiger partial charge is 0.330 e. The Morgan fingerprint density at radius 2 is 1.71 bits per heavy atom. The van der Waals surface area contributed by atoms with Gasteiger partial charge in [-0.2, -0.15) is 0 Å². The molecule has 0 aliphatic rings. The molecular weight excluding hydrogens is 454 g/mol. The molecule has 0 saturated carbocycles. The lowest BCUT2D eigenvalue weighted by Gasteiger charge is -2.11. The highest BCUT2D eigenvalue weighted by molar-refractivity contribution is 8.01. The molecule has 1 aromatic heterocycles. The Labute approximate surface area is 190 Å². The van der Waals surface area contributed by atoms with E-state index in [0.29, 0.717) is 15.2 Å². The van der Waals surface area contributed by atoms with Gasteiger partial charge in [0.15, 0.2) is 4.34 Å². The van der Waals surface area contributed by atoms with Crippen LogP contribution < -0.4 is 10.6 Å². The zero-order valence-electron chi connectivity index (χ0n) is 17.5. The summed E-state index contributed by atoms with van der Waals surface area (Å²) in [5.41, 5.74) is 3.87. The van der Waals surface area contributed by atoms with Gasteiger partial charge >= 0.3 is 0 Å². The minimum Gasteiger partial charge on any atom is -0.330 e. The van der Waals surface area contributed by atoms with Crippen molar-refractivity contribution in [3.05, 3.63) is 53.6 Å². The number of benzene rings is 2. The number of rotatable bonds is 8. The molecule has 0 fully saturated rings. The molecule has 8 nitrogen and oxygen atoms in total. The van der Waals surface area contributed by atoms with Crippen LogP contribution in [0.5, 0.6) is 0 Å². The molecule has 0 bridgehead atoms. The standard InChI is InChI=1S/C20H23N5O3S3/c1-13-5-6-16(11-14(13)2)22-19-23-24-20(30-19)29-12-18(26)21-15-7-9-17(10-8-15)31(27,28)25(3)4/h5-11H,12H2,1-4H3,(H,21,26)(H,22,23). The Balaban J connectivity index is 1.52. The average Bonchev–Trinajstić information content (AvgIpc) is 3.17. The molecule has 0 unspecified atom stereocenters. The summed E-state index contributed by atoms with van der Waals surface area (Å²) in [7, 11) is -0.555. The van der Waals surface area contributed by atoms with Gasteiger partial charge in [-0.3, -0.25) is 4.79 Å². The molecule has 31 heavy (non-hydrogen) atoms. The van der Waals surface area contributed by atoms with Crippen molar-refractivity contribution >= 4 is 55.5 Å². The second kappa shape index (κ2) is 9.77. The van der Waals surface area contributed by atoms with Crippen LogP contribution in [0, 0.1) is 13.8 Å². The van der Waals surface area contributed by atoms with Crippen LogP contribution in [0.4, 0.5) is 16.5 Å². The van der Waals surface area contributed by atoms with Crippen molar-refractivity contribution in [2.45, 2.75) is 23.1 Å². The number of amides is 1. The van der Waals surface area contributed by atoms with Crippen LogP contribution in [0.3, 0.4) is 0 Å². The number of thioether (sulfide) groups is 1.